The van der Waals surface area contributed by atoms with Gasteiger partial charge in [0, 0.05) is 57.1 Å². The Bertz CT molecular complexity index is 1160. The molecule has 4 rings (SSSR count). The molecule has 1 N–H and O–H groups in total. The number of hydrogen-bond donors (Lipinski definition) is 1. The molecule has 2 amide bonds. The number of nitrogens with one attached hydrogen (secondary N) is 1. The van der Waals surface area contributed by atoms with Crippen molar-refractivity contribution < 1.29 is 28.5 Å². The number of nitrogens with zero attached hydrogens (tertiary/aromatic N) is 2. The van der Waals surface area contributed by atoms with Crippen molar-refractivity contribution in [1.82, 2.24) is 10.2 Å². The van der Waals surface area contributed by atoms with E-state index >= 15 is 0 Å². The quantitative estimate of drug-likeness (QED) is 0.507. The minimum Gasteiger partial charge on any atom is -0.493 e. The standard InChI is InChI=1S/C32H45N3O6/c1-23(36)35-15-9-7-5-6-8-14-34(27-12-16-41-17-13-27)22-26-20-25(10-11-28(26)35)32(37)33-21-24-18-29(38-2)31(40-4)30(19-24)39-3/h10-11,18-20,27H,5-9,12-17,21-22H2,1-4H3,(H,33,37). The minimum absolute atomic E-state index is 0.0283. The zero-order valence-electron chi connectivity index (χ0n) is 25.0. The Hall–Kier alpha value is -3.30. The molecule has 0 saturated carbocycles. The van der Waals surface area contributed by atoms with Gasteiger partial charge in [0.05, 0.1) is 21.3 Å². The Morgan fingerprint density at radius 1 is 0.902 bits per heavy atom. The van der Waals surface area contributed by atoms with Gasteiger partial charge >= 0.3 is 0 Å². The van der Waals surface area contributed by atoms with Crippen LogP contribution in [0.15, 0.2) is 30.3 Å². The molecule has 2 aliphatic rings. The van der Waals surface area contributed by atoms with Gasteiger partial charge in [0.25, 0.3) is 5.91 Å². The third-order valence-corrected chi connectivity index (χ3v) is 8.10. The maximum Gasteiger partial charge on any atom is 0.251 e. The third kappa shape index (κ3) is 7.92. The molecule has 1 saturated heterocycles. The topological polar surface area (TPSA) is 89.6 Å². The summed E-state index contributed by atoms with van der Waals surface area (Å²) in [6.07, 6.45) is 7.61. The Balaban J connectivity index is 1.60. The van der Waals surface area contributed by atoms with E-state index in [1.165, 1.54) is 12.8 Å². The number of methoxy groups -OCH3 is 3. The molecule has 9 nitrogen and oxygen atoms in total. The molecule has 1 fully saturated rings. The Kier molecular flexibility index (Phi) is 11.3. The summed E-state index contributed by atoms with van der Waals surface area (Å²) in [5.41, 5.74) is 3.30. The molecule has 0 radical (unpaired) electrons. The molecule has 0 bridgehead atoms. The van der Waals surface area contributed by atoms with Crippen LogP contribution >= 0.6 is 0 Å². The van der Waals surface area contributed by atoms with Gasteiger partial charge in [-0.05, 0) is 73.7 Å². The maximum absolute atomic E-state index is 13.4. The second-order valence-electron chi connectivity index (χ2n) is 10.8. The van der Waals surface area contributed by atoms with E-state index in [9.17, 15) is 9.59 Å². The van der Waals surface area contributed by atoms with E-state index in [-0.39, 0.29) is 11.8 Å². The monoisotopic (exact) mass is 567 g/mol. The van der Waals surface area contributed by atoms with Gasteiger partial charge in [-0.1, -0.05) is 19.3 Å². The van der Waals surface area contributed by atoms with Crippen LogP contribution in [-0.4, -0.2) is 70.4 Å². The maximum atomic E-state index is 13.4. The zero-order valence-corrected chi connectivity index (χ0v) is 25.0. The number of ether oxygens (including phenoxy) is 4. The van der Waals surface area contributed by atoms with Crippen LogP contribution in [0.2, 0.25) is 0 Å². The van der Waals surface area contributed by atoms with E-state index in [0.717, 1.165) is 68.7 Å². The predicted octanol–water partition coefficient (Wildman–Crippen LogP) is 4.94. The van der Waals surface area contributed by atoms with Crippen LogP contribution in [0.4, 0.5) is 5.69 Å². The lowest BCUT2D eigenvalue weighted by Gasteiger charge is -2.36. The van der Waals surface area contributed by atoms with Crippen molar-refractivity contribution in [1.29, 1.82) is 0 Å². The van der Waals surface area contributed by atoms with E-state index in [4.69, 9.17) is 18.9 Å². The lowest BCUT2D eigenvalue weighted by molar-refractivity contribution is -0.116. The van der Waals surface area contributed by atoms with Crippen LogP contribution in [-0.2, 0) is 22.6 Å². The summed E-state index contributed by atoms with van der Waals surface area (Å²) >= 11 is 0. The van der Waals surface area contributed by atoms with Crippen molar-refractivity contribution in [3.8, 4) is 17.2 Å². The van der Waals surface area contributed by atoms with Crippen LogP contribution in [0.25, 0.3) is 0 Å². The summed E-state index contributed by atoms with van der Waals surface area (Å²) in [6.45, 7) is 5.85. The van der Waals surface area contributed by atoms with E-state index in [1.807, 2.05) is 35.2 Å². The fourth-order valence-electron chi connectivity index (χ4n) is 5.86. The van der Waals surface area contributed by atoms with Gasteiger partial charge in [-0.25, -0.2) is 0 Å². The molecule has 0 unspecified atom stereocenters. The summed E-state index contributed by atoms with van der Waals surface area (Å²) in [4.78, 5) is 30.6. The third-order valence-electron chi connectivity index (χ3n) is 8.10. The molecule has 0 aliphatic carbocycles. The van der Waals surface area contributed by atoms with Gasteiger partial charge in [0.1, 0.15) is 0 Å². The molecule has 9 heteroatoms. The van der Waals surface area contributed by atoms with E-state index in [0.29, 0.717) is 48.5 Å². The van der Waals surface area contributed by atoms with Gasteiger partial charge in [-0.15, -0.1) is 0 Å². The number of rotatable bonds is 7. The molecular formula is C32H45N3O6. The average Bonchev–Trinajstić information content (AvgIpc) is 2.99. The van der Waals surface area contributed by atoms with Crippen LogP contribution < -0.4 is 24.4 Å². The Morgan fingerprint density at radius 2 is 1.56 bits per heavy atom. The number of fused-ring (bicyclic) bond motifs is 1. The van der Waals surface area contributed by atoms with Gasteiger partial charge in [-0.2, -0.15) is 0 Å². The molecule has 224 valence electrons. The van der Waals surface area contributed by atoms with E-state index < -0.39 is 0 Å². The first kappa shape index (κ1) is 30.7. The average molecular weight is 568 g/mol. The summed E-state index contributed by atoms with van der Waals surface area (Å²) in [5, 5.41) is 3.04. The van der Waals surface area contributed by atoms with Crippen molar-refractivity contribution in [2.24, 2.45) is 0 Å². The lowest BCUT2D eigenvalue weighted by Crippen LogP contribution is -2.40. The van der Waals surface area contributed by atoms with Crippen LogP contribution in [0, 0.1) is 0 Å². The van der Waals surface area contributed by atoms with Crippen LogP contribution in [0.1, 0.15) is 73.4 Å². The summed E-state index contributed by atoms with van der Waals surface area (Å²) in [6, 6.07) is 9.83. The Labute approximate surface area is 244 Å². The highest BCUT2D eigenvalue weighted by Gasteiger charge is 2.25. The normalized spacial score (nSPS) is 17.5. The van der Waals surface area contributed by atoms with Crippen molar-refractivity contribution in [3.05, 3.63) is 47.0 Å². The largest absolute Gasteiger partial charge is 0.493 e. The van der Waals surface area contributed by atoms with Gasteiger partial charge < -0.3 is 29.2 Å². The number of carbonyl (C=O) groups is 2. The van der Waals surface area contributed by atoms with Crippen LogP contribution in [0.3, 0.4) is 0 Å². The molecule has 2 aliphatic heterocycles. The van der Waals surface area contributed by atoms with E-state index in [2.05, 4.69) is 10.2 Å². The van der Waals surface area contributed by atoms with Crippen molar-refractivity contribution in [2.75, 3.05) is 52.5 Å². The molecular weight excluding hydrogens is 522 g/mol. The molecule has 41 heavy (non-hydrogen) atoms. The first-order valence-corrected chi connectivity index (χ1v) is 14.7. The number of amides is 2. The highest BCUT2D eigenvalue weighted by molar-refractivity contribution is 5.97. The van der Waals surface area contributed by atoms with Crippen molar-refractivity contribution >= 4 is 17.5 Å². The molecule has 0 aromatic heterocycles. The van der Waals surface area contributed by atoms with Crippen molar-refractivity contribution in [2.45, 2.75) is 71.0 Å². The predicted molar refractivity (Wildman–Crippen MR) is 159 cm³/mol. The fourth-order valence-corrected chi connectivity index (χ4v) is 5.86. The molecule has 2 aromatic carbocycles. The minimum atomic E-state index is -0.181. The van der Waals surface area contributed by atoms with Gasteiger partial charge in [-0.3, -0.25) is 14.5 Å². The van der Waals surface area contributed by atoms with Crippen molar-refractivity contribution in [3.63, 3.8) is 0 Å². The highest BCUT2D eigenvalue weighted by Crippen LogP contribution is 2.38. The zero-order chi connectivity index (χ0) is 29.2. The molecule has 0 atom stereocenters. The van der Waals surface area contributed by atoms with Gasteiger partial charge in [0.2, 0.25) is 11.7 Å². The van der Waals surface area contributed by atoms with E-state index in [1.54, 1.807) is 28.3 Å². The van der Waals surface area contributed by atoms with Crippen LogP contribution in [0.5, 0.6) is 17.2 Å². The molecule has 0 spiro atoms. The first-order chi connectivity index (χ1) is 19.9. The molecule has 2 heterocycles. The smallest absolute Gasteiger partial charge is 0.251 e. The summed E-state index contributed by atoms with van der Waals surface area (Å²) in [5.74, 6) is 1.43. The second-order valence-corrected chi connectivity index (χ2v) is 10.8. The lowest BCUT2D eigenvalue weighted by atomic mass is 10.0. The number of hydrogen-bond acceptors (Lipinski definition) is 7. The summed E-state index contributed by atoms with van der Waals surface area (Å²) in [7, 11) is 4.70. The first-order valence-electron chi connectivity index (χ1n) is 14.7. The highest BCUT2D eigenvalue weighted by atomic mass is 16.5. The Morgan fingerprint density at radius 3 is 2.20 bits per heavy atom. The van der Waals surface area contributed by atoms with Gasteiger partial charge in [0.15, 0.2) is 11.5 Å². The number of benzene rings is 2. The SMILES string of the molecule is COc1cc(CNC(=O)c2ccc3c(c2)CN(C2CCOCC2)CCCCCCCN3C(C)=O)cc(OC)c1OC. The number of anilines is 1. The fraction of sp³-hybridized carbons (Fsp3) is 0.562. The number of carbonyl (C=O) groups excluding carboxylic acids is 2. The molecule has 2 aromatic rings. The second kappa shape index (κ2) is 15.1. The summed E-state index contributed by atoms with van der Waals surface area (Å²) < 4.78 is 22.0.